The number of hydrogen-bond acceptors (Lipinski definition) is 5. The first-order valence-corrected chi connectivity index (χ1v) is 12.9. The lowest BCUT2D eigenvalue weighted by Crippen LogP contribution is -2.09. The summed E-state index contributed by atoms with van der Waals surface area (Å²) in [7, 11) is 1.53. The van der Waals surface area contributed by atoms with E-state index in [9.17, 15) is 4.39 Å². The Morgan fingerprint density at radius 3 is 2.74 bits per heavy atom. The zero-order valence-electron chi connectivity index (χ0n) is 22.5. The van der Waals surface area contributed by atoms with Crippen LogP contribution in [0.4, 0.5) is 4.39 Å². The zero-order chi connectivity index (χ0) is 26.8. The molecule has 0 radical (unpaired) electrons. The van der Waals surface area contributed by atoms with E-state index in [0.717, 1.165) is 63.2 Å². The van der Waals surface area contributed by atoms with Gasteiger partial charge in [-0.25, -0.2) is 4.39 Å². The van der Waals surface area contributed by atoms with Crippen molar-refractivity contribution in [2.24, 2.45) is 15.9 Å². The SMILES string of the molecule is CCN=C(c1cc2c(-c3cc(F)cc(OC)c3)cncc2[nH]1)c1cc(C2=CN=C(C)C(C)CC2)cnc1C. The maximum atomic E-state index is 14.3. The van der Waals surface area contributed by atoms with Gasteiger partial charge in [-0.1, -0.05) is 6.92 Å². The summed E-state index contributed by atoms with van der Waals surface area (Å²) in [5.41, 5.74) is 9.32. The Morgan fingerprint density at radius 2 is 1.95 bits per heavy atom. The Hall–Kier alpha value is -4.13. The van der Waals surface area contributed by atoms with Gasteiger partial charge in [0.15, 0.2) is 0 Å². The number of nitrogens with zero attached hydrogens (tertiary/aromatic N) is 4. The Kier molecular flexibility index (Phi) is 7.18. The summed E-state index contributed by atoms with van der Waals surface area (Å²) in [5, 5.41) is 0.929. The van der Waals surface area contributed by atoms with Crippen molar-refractivity contribution >= 4 is 27.9 Å². The number of fused-ring (bicyclic) bond motifs is 1. The monoisotopic (exact) mass is 509 g/mol. The van der Waals surface area contributed by atoms with Crippen LogP contribution in [0, 0.1) is 18.7 Å². The van der Waals surface area contributed by atoms with E-state index < -0.39 is 0 Å². The van der Waals surface area contributed by atoms with Gasteiger partial charge in [-0.3, -0.25) is 20.0 Å². The van der Waals surface area contributed by atoms with E-state index in [0.29, 0.717) is 23.8 Å². The predicted octanol–water partition coefficient (Wildman–Crippen LogP) is 7.17. The first-order valence-electron chi connectivity index (χ1n) is 12.9. The summed E-state index contributed by atoms with van der Waals surface area (Å²) >= 11 is 0. The van der Waals surface area contributed by atoms with Gasteiger partial charge in [-0.2, -0.15) is 0 Å². The maximum Gasteiger partial charge on any atom is 0.127 e. The fourth-order valence-corrected chi connectivity index (χ4v) is 4.84. The summed E-state index contributed by atoms with van der Waals surface area (Å²) in [4.78, 5) is 22.2. The standard InChI is InChI=1S/C31H32FN5O/c1-6-34-31(26-11-23(15-36-20(26)4)21-8-7-18(2)19(3)35-14-21)29-13-27-28(16-33-17-30(27)37-29)22-9-24(32)12-25(10-22)38-5/h9-18,37H,6-8H2,1-5H3. The van der Waals surface area contributed by atoms with Gasteiger partial charge < -0.3 is 9.72 Å². The number of ether oxygens (including phenoxy) is 1. The van der Waals surface area contributed by atoms with Crippen molar-refractivity contribution in [1.82, 2.24) is 15.0 Å². The lowest BCUT2D eigenvalue weighted by atomic mass is 9.94. The van der Waals surface area contributed by atoms with Crippen LogP contribution in [-0.2, 0) is 0 Å². The minimum absolute atomic E-state index is 0.361. The number of aromatic amines is 1. The Morgan fingerprint density at radius 1 is 1.11 bits per heavy atom. The molecule has 1 unspecified atom stereocenters. The molecular weight excluding hydrogens is 477 g/mol. The lowest BCUT2D eigenvalue weighted by Gasteiger charge is -2.13. The molecule has 4 aromatic rings. The summed E-state index contributed by atoms with van der Waals surface area (Å²) in [6, 6.07) is 8.91. The molecule has 1 aliphatic heterocycles. The van der Waals surface area contributed by atoms with Crippen molar-refractivity contribution in [2.45, 2.75) is 40.5 Å². The fourth-order valence-electron chi connectivity index (χ4n) is 4.84. The number of rotatable bonds is 6. The molecular formula is C31H32FN5O. The minimum atomic E-state index is -0.361. The number of aryl methyl sites for hydroxylation is 1. The molecule has 7 heteroatoms. The number of halogens is 1. The van der Waals surface area contributed by atoms with Crippen molar-refractivity contribution in [3.05, 3.63) is 83.5 Å². The normalized spacial score (nSPS) is 16.3. The number of aliphatic imine (C=N–C) groups is 2. The third kappa shape index (κ3) is 5.01. The molecule has 5 rings (SSSR count). The van der Waals surface area contributed by atoms with Crippen molar-refractivity contribution < 1.29 is 9.13 Å². The Bertz CT molecular complexity index is 1600. The molecule has 0 fully saturated rings. The Labute approximate surface area is 222 Å². The summed E-state index contributed by atoms with van der Waals surface area (Å²) < 4.78 is 19.6. The third-order valence-electron chi connectivity index (χ3n) is 7.23. The second-order valence-corrected chi connectivity index (χ2v) is 9.76. The summed E-state index contributed by atoms with van der Waals surface area (Å²) in [5.74, 6) is 0.563. The largest absolute Gasteiger partial charge is 0.497 e. The molecule has 3 aromatic heterocycles. The average molecular weight is 510 g/mol. The van der Waals surface area contributed by atoms with E-state index in [1.165, 1.54) is 24.8 Å². The molecule has 1 aliphatic rings. The van der Waals surface area contributed by atoms with Gasteiger partial charge in [0.1, 0.15) is 11.6 Å². The Balaban J connectivity index is 1.60. The molecule has 0 bridgehead atoms. The zero-order valence-corrected chi connectivity index (χ0v) is 22.5. The summed E-state index contributed by atoms with van der Waals surface area (Å²) in [6.45, 7) is 8.95. The second-order valence-electron chi connectivity index (χ2n) is 9.76. The molecule has 0 saturated carbocycles. The van der Waals surface area contributed by atoms with Gasteiger partial charge in [0, 0.05) is 59.1 Å². The van der Waals surface area contributed by atoms with Crippen LogP contribution in [-0.4, -0.2) is 40.0 Å². The van der Waals surface area contributed by atoms with Gasteiger partial charge in [0.2, 0.25) is 0 Å². The number of allylic oxidation sites excluding steroid dienone is 1. The van der Waals surface area contributed by atoms with Crippen LogP contribution < -0.4 is 4.74 Å². The molecule has 1 N–H and O–H groups in total. The van der Waals surface area contributed by atoms with E-state index in [2.05, 4.69) is 40.9 Å². The van der Waals surface area contributed by atoms with E-state index in [-0.39, 0.29) is 5.82 Å². The van der Waals surface area contributed by atoms with E-state index in [1.54, 1.807) is 12.4 Å². The molecule has 194 valence electrons. The third-order valence-corrected chi connectivity index (χ3v) is 7.23. The number of methoxy groups -OCH3 is 1. The highest BCUT2D eigenvalue weighted by Crippen LogP contribution is 2.33. The van der Waals surface area contributed by atoms with Gasteiger partial charge in [-0.05, 0) is 80.5 Å². The minimum Gasteiger partial charge on any atom is -0.497 e. The van der Waals surface area contributed by atoms with Gasteiger partial charge in [0.25, 0.3) is 0 Å². The smallest absolute Gasteiger partial charge is 0.127 e. The number of H-pyrrole nitrogens is 1. The number of aromatic nitrogens is 3. The number of benzene rings is 1. The summed E-state index contributed by atoms with van der Waals surface area (Å²) in [6.07, 6.45) is 9.45. The molecule has 6 nitrogen and oxygen atoms in total. The molecule has 4 heterocycles. The van der Waals surface area contributed by atoms with Crippen LogP contribution in [0.2, 0.25) is 0 Å². The molecule has 0 amide bonds. The quantitative estimate of drug-likeness (QED) is 0.280. The van der Waals surface area contributed by atoms with Crippen LogP contribution >= 0.6 is 0 Å². The molecule has 0 aliphatic carbocycles. The fraction of sp³-hybridized carbons (Fsp3) is 0.290. The van der Waals surface area contributed by atoms with Crippen LogP contribution in [0.5, 0.6) is 5.75 Å². The van der Waals surface area contributed by atoms with E-state index >= 15 is 0 Å². The molecule has 0 saturated heterocycles. The first-order chi connectivity index (χ1) is 18.4. The van der Waals surface area contributed by atoms with Gasteiger partial charge in [-0.15, -0.1) is 0 Å². The topological polar surface area (TPSA) is 75.5 Å². The number of nitrogens with one attached hydrogen (secondary N) is 1. The van der Waals surface area contributed by atoms with Crippen molar-refractivity contribution in [1.29, 1.82) is 0 Å². The van der Waals surface area contributed by atoms with Crippen LogP contribution in [0.1, 0.15) is 56.1 Å². The van der Waals surface area contributed by atoms with Crippen molar-refractivity contribution in [2.75, 3.05) is 13.7 Å². The highest BCUT2D eigenvalue weighted by atomic mass is 19.1. The van der Waals surface area contributed by atoms with Crippen LogP contribution in [0.15, 0.2) is 65.1 Å². The predicted molar refractivity (Wildman–Crippen MR) is 153 cm³/mol. The number of hydrogen-bond donors (Lipinski definition) is 1. The van der Waals surface area contributed by atoms with Gasteiger partial charge >= 0.3 is 0 Å². The second kappa shape index (κ2) is 10.7. The van der Waals surface area contributed by atoms with Crippen molar-refractivity contribution in [3.63, 3.8) is 0 Å². The maximum absolute atomic E-state index is 14.3. The van der Waals surface area contributed by atoms with Crippen molar-refractivity contribution in [3.8, 4) is 16.9 Å². The van der Waals surface area contributed by atoms with Crippen LogP contribution in [0.3, 0.4) is 0 Å². The average Bonchev–Trinajstić information content (AvgIpc) is 3.28. The first kappa shape index (κ1) is 25.5. The highest BCUT2D eigenvalue weighted by Gasteiger charge is 2.19. The molecule has 1 atom stereocenters. The van der Waals surface area contributed by atoms with E-state index in [1.807, 2.05) is 32.3 Å². The molecule has 0 spiro atoms. The number of pyridine rings is 2. The molecule has 38 heavy (non-hydrogen) atoms. The van der Waals surface area contributed by atoms with Gasteiger partial charge in [0.05, 0.1) is 30.2 Å². The van der Waals surface area contributed by atoms with E-state index in [4.69, 9.17) is 14.7 Å². The lowest BCUT2D eigenvalue weighted by molar-refractivity contribution is 0.411. The van der Waals surface area contributed by atoms with Crippen LogP contribution in [0.25, 0.3) is 27.6 Å². The highest BCUT2D eigenvalue weighted by molar-refractivity contribution is 6.15. The molecule has 1 aromatic carbocycles.